The molecule has 2 unspecified atom stereocenters. The third-order valence-electron chi connectivity index (χ3n) is 3.04. The zero-order valence-corrected chi connectivity index (χ0v) is 12.1. The van der Waals surface area contributed by atoms with Crippen molar-refractivity contribution in [1.29, 1.82) is 0 Å². The molecule has 0 aliphatic rings. The van der Waals surface area contributed by atoms with Gasteiger partial charge in [-0.05, 0) is 25.6 Å². The van der Waals surface area contributed by atoms with Gasteiger partial charge in [-0.15, -0.1) is 0 Å². The SMILES string of the molecule is CCNC(C)C(COC(=O)c1ccccc1)C(=O)OC. The number of ether oxygens (including phenoxy) is 2. The van der Waals surface area contributed by atoms with Crippen LogP contribution in [0.2, 0.25) is 0 Å². The highest BCUT2D eigenvalue weighted by Gasteiger charge is 2.27. The maximum atomic E-state index is 11.8. The van der Waals surface area contributed by atoms with Gasteiger partial charge in [0.05, 0.1) is 12.7 Å². The lowest BCUT2D eigenvalue weighted by Crippen LogP contribution is -2.41. The van der Waals surface area contributed by atoms with Crippen molar-refractivity contribution in [1.82, 2.24) is 5.32 Å². The summed E-state index contributed by atoms with van der Waals surface area (Å²) in [5.74, 6) is -1.35. The molecule has 20 heavy (non-hydrogen) atoms. The molecule has 1 aromatic carbocycles. The maximum absolute atomic E-state index is 11.8. The summed E-state index contributed by atoms with van der Waals surface area (Å²) in [5, 5.41) is 3.13. The van der Waals surface area contributed by atoms with Crippen LogP contribution in [-0.4, -0.2) is 38.2 Å². The molecule has 1 N–H and O–H groups in total. The molecule has 0 radical (unpaired) electrons. The molecule has 1 rings (SSSR count). The molecule has 0 bridgehead atoms. The molecule has 0 amide bonds. The van der Waals surface area contributed by atoms with Crippen LogP contribution in [0.4, 0.5) is 0 Å². The minimum Gasteiger partial charge on any atom is -0.469 e. The first kappa shape index (κ1) is 16.2. The number of methoxy groups -OCH3 is 1. The first-order chi connectivity index (χ1) is 9.60. The van der Waals surface area contributed by atoms with E-state index in [1.165, 1.54) is 7.11 Å². The smallest absolute Gasteiger partial charge is 0.338 e. The van der Waals surface area contributed by atoms with E-state index in [1.807, 2.05) is 19.9 Å². The van der Waals surface area contributed by atoms with Gasteiger partial charge in [-0.25, -0.2) is 4.79 Å². The summed E-state index contributed by atoms with van der Waals surface area (Å²) < 4.78 is 9.95. The Morgan fingerprint density at radius 1 is 1.25 bits per heavy atom. The van der Waals surface area contributed by atoms with Crippen LogP contribution < -0.4 is 5.32 Å². The van der Waals surface area contributed by atoms with Gasteiger partial charge < -0.3 is 14.8 Å². The Labute approximate surface area is 119 Å². The number of benzene rings is 1. The Morgan fingerprint density at radius 2 is 1.90 bits per heavy atom. The van der Waals surface area contributed by atoms with E-state index in [9.17, 15) is 9.59 Å². The topological polar surface area (TPSA) is 64.6 Å². The summed E-state index contributed by atoms with van der Waals surface area (Å²) in [6, 6.07) is 8.55. The number of carbonyl (C=O) groups excluding carboxylic acids is 2. The van der Waals surface area contributed by atoms with Crippen molar-refractivity contribution in [2.45, 2.75) is 19.9 Å². The van der Waals surface area contributed by atoms with Crippen molar-refractivity contribution >= 4 is 11.9 Å². The number of hydrogen-bond acceptors (Lipinski definition) is 5. The van der Waals surface area contributed by atoms with Gasteiger partial charge in [0.15, 0.2) is 0 Å². The minimum atomic E-state index is -0.521. The molecule has 110 valence electrons. The Bertz CT molecular complexity index is 433. The molecule has 1 aromatic rings. The van der Waals surface area contributed by atoms with Crippen molar-refractivity contribution in [2.75, 3.05) is 20.3 Å². The summed E-state index contributed by atoms with van der Waals surface area (Å²) in [7, 11) is 1.33. The number of nitrogens with one attached hydrogen (secondary N) is 1. The van der Waals surface area contributed by atoms with Crippen LogP contribution in [0.3, 0.4) is 0 Å². The summed E-state index contributed by atoms with van der Waals surface area (Å²) >= 11 is 0. The fourth-order valence-corrected chi connectivity index (χ4v) is 1.86. The molecule has 0 spiro atoms. The van der Waals surface area contributed by atoms with Crippen molar-refractivity contribution in [3.05, 3.63) is 35.9 Å². The average Bonchev–Trinajstić information content (AvgIpc) is 2.48. The van der Waals surface area contributed by atoms with E-state index in [-0.39, 0.29) is 18.6 Å². The van der Waals surface area contributed by atoms with Crippen LogP contribution in [0, 0.1) is 5.92 Å². The van der Waals surface area contributed by atoms with Crippen molar-refractivity contribution in [2.24, 2.45) is 5.92 Å². The second-order valence-corrected chi connectivity index (χ2v) is 4.44. The summed E-state index contributed by atoms with van der Waals surface area (Å²) in [4.78, 5) is 23.6. The standard InChI is InChI=1S/C15H21NO4/c1-4-16-11(2)13(15(18)19-3)10-20-14(17)12-8-6-5-7-9-12/h5-9,11,13,16H,4,10H2,1-3H3. The van der Waals surface area contributed by atoms with Gasteiger partial charge in [-0.2, -0.15) is 0 Å². The molecule has 0 saturated heterocycles. The van der Waals surface area contributed by atoms with Crippen LogP contribution in [0.25, 0.3) is 0 Å². The van der Waals surface area contributed by atoms with Gasteiger partial charge in [0, 0.05) is 6.04 Å². The summed E-state index contributed by atoms with van der Waals surface area (Å²) in [6.45, 7) is 4.53. The van der Waals surface area contributed by atoms with Crippen LogP contribution in [0.1, 0.15) is 24.2 Å². The van der Waals surface area contributed by atoms with Crippen molar-refractivity contribution in [3.63, 3.8) is 0 Å². The monoisotopic (exact) mass is 279 g/mol. The van der Waals surface area contributed by atoms with Gasteiger partial charge in [0.1, 0.15) is 12.5 Å². The second-order valence-electron chi connectivity index (χ2n) is 4.44. The van der Waals surface area contributed by atoms with Crippen LogP contribution in [0.15, 0.2) is 30.3 Å². The number of hydrogen-bond donors (Lipinski definition) is 1. The fraction of sp³-hybridized carbons (Fsp3) is 0.467. The van der Waals surface area contributed by atoms with Crippen molar-refractivity contribution in [3.8, 4) is 0 Å². The predicted octanol–water partition coefficient (Wildman–Crippen LogP) is 1.63. The Kier molecular flexibility index (Phi) is 6.73. The molecule has 0 aliphatic carbocycles. The molecular formula is C15H21NO4. The molecule has 0 saturated carbocycles. The zero-order valence-electron chi connectivity index (χ0n) is 12.1. The lowest BCUT2D eigenvalue weighted by molar-refractivity contribution is -0.147. The summed E-state index contributed by atoms with van der Waals surface area (Å²) in [5.41, 5.74) is 0.465. The molecular weight excluding hydrogens is 258 g/mol. The molecule has 0 fully saturated rings. The van der Waals surface area contributed by atoms with Gasteiger partial charge >= 0.3 is 11.9 Å². The van der Waals surface area contributed by atoms with E-state index in [0.29, 0.717) is 5.56 Å². The first-order valence-corrected chi connectivity index (χ1v) is 6.63. The lowest BCUT2D eigenvalue weighted by Gasteiger charge is -2.22. The number of esters is 2. The van der Waals surface area contributed by atoms with Crippen molar-refractivity contribution < 1.29 is 19.1 Å². The van der Waals surface area contributed by atoms with Crippen LogP contribution in [-0.2, 0) is 14.3 Å². The van der Waals surface area contributed by atoms with E-state index >= 15 is 0 Å². The van der Waals surface area contributed by atoms with E-state index in [2.05, 4.69) is 5.32 Å². The quantitative estimate of drug-likeness (QED) is 0.769. The average molecular weight is 279 g/mol. The maximum Gasteiger partial charge on any atom is 0.338 e. The molecule has 0 aliphatic heterocycles. The molecule has 5 nitrogen and oxygen atoms in total. The van der Waals surface area contributed by atoms with Gasteiger partial charge in [-0.1, -0.05) is 25.1 Å². The Hall–Kier alpha value is -1.88. The van der Waals surface area contributed by atoms with Crippen LogP contribution in [0.5, 0.6) is 0 Å². The summed E-state index contributed by atoms with van der Waals surface area (Å²) in [6.07, 6.45) is 0. The van der Waals surface area contributed by atoms with Gasteiger partial charge in [0.25, 0.3) is 0 Å². The van der Waals surface area contributed by atoms with Gasteiger partial charge in [-0.3, -0.25) is 4.79 Å². The normalized spacial score (nSPS) is 13.3. The largest absolute Gasteiger partial charge is 0.469 e. The Balaban J connectivity index is 2.62. The second kappa shape index (κ2) is 8.32. The first-order valence-electron chi connectivity index (χ1n) is 6.63. The number of rotatable bonds is 7. The fourth-order valence-electron chi connectivity index (χ4n) is 1.86. The van der Waals surface area contributed by atoms with Crippen LogP contribution >= 0.6 is 0 Å². The van der Waals surface area contributed by atoms with E-state index < -0.39 is 11.9 Å². The molecule has 0 heterocycles. The Morgan fingerprint density at radius 3 is 2.45 bits per heavy atom. The molecule has 5 heteroatoms. The highest BCUT2D eigenvalue weighted by atomic mass is 16.5. The number of carbonyl (C=O) groups is 2. The van der Waals surface area contributed by atoms with E-state index in [0.717, 1.165) is 6.54 Å². The lowest BCUT2D eigenvalue weighted by atomic mass is 10.0. The third-order valence-corrected chi connectivity index (χ3v) is 3.04. The highest BCUT2D eigenvalue weighted by Crippen LogP contribution is 2.09. The molecule has 2 atom stereocenters. The predicted molar refractivity (Wildman–Crippen MR) is 75.4 cm³/mol. The zero-order chi connectivity index (χ0) is 15.0. The van der Waals surface area contributed by atoms with E-state index in [4.69, 9.17) is 9.47 Å². The highest BCUT2D eigenvalue weighted by molar-refractivity contribution is 5.89. The third kappa shape index (κ3) is 4.66. The van der Waals surface area contributed by atoms with E-state index in [1.54, 1.807) is 24.3 Å². The minimum absolute atomic E-state index is 0.00539. The molecule has 0 aromatic heterocycles. The van der Waals surface area contributed by atoms with Gasteiger partial charge in [0.2, 0.25) is 0 Å².